The van der Waals surface area contributed by atoms with Crippen molar-refractivity contribution in [2.45, 2.75) is 36.6 Å². The van der Waals surface area contributed by atoms with Crippen LogP contribution in [0.1, 0.15) is 24.9 Å². The van der Waals surface area contributed by atoms with E-state index in [1.807, 2.05) is 0 Å². The van der Waals surface area contributed by atoms with E-state index in [0.717, 1.165) is 24.3 Å². The van der Waals surface area contributed by atoms with Gasteiger partial charge in [-0.2, -0.15) is 13.2 Å². The van der Waals surface area contributed by atoms with E-state index in [1.54, 1.807) is 25.1 Å². The summed E-state index contributed by atoms with van der Waals surface area (Å²) in [5, 5.41) is 2.90. The van der Waals surface area contributed by atoms with Gasteiger partial charge in [-0.3, -0.25) is 9.53 Å². The Balaban J connectivity index is 1.99. The Bertz CT molecular complexity index is 692. The number of hydrogen-bond donors (Lipinski definition) is 1. The fraction of sp³-hybridized carbons (Fsp3) is 0.353. The van der Waals surface area contributed by atoms with Gasteiger partial charge in [0.2, 0.25) is 0 Å². The van der Waals surface area contributed by atoms with Crippen molar-refractivity contribution in [1.82, 2.24) is 10.3 Å². The van der Waals surface area contributed by atoms with E-state index in [0.29, 0.717) is 5.03 Å². The quantitative estimate of drug-likeness (QED) is 0.745. The van der Waals surface area contributed by atoms with Crippen LogP contribution in [0.4, 0.5) is 17.6 Å². The van der Waals surface area contributed by atoms with Gasteiger partial charge >= 0.3 is 6.18 Å². The van der Waals surface area contributed by atoms with Crippen LogP contribution in [0.15, 0.2) is 53.7 Å². The van der Waals surface area contributed by atoms with E-state index in [2.05, 4.69) is 10.3 Å². The highest BCUT2D eigenvalue weighted by Gasteiger charge is 2.41. The van der Waals surface area contributed by atoms with E-state index in [4.69, 9.17) is 0 Å². The summed E-state index contributed by atoms with van der Waals surface area (Å²) in [6, 6.07) is 6.78. The minimum Gasteiger partial charge on any atom is -0.300 e. The summed E-state index contributed by atoms with van der Waals surface area (Å²) in [7, 11) is -1.37. The highest BCUT2D eigenvalue weighted by molar-refractivity contribution is 7.84. The van der Waals surface area contributed by atoms with Gasteiger partial charge in [0.25, 0.3) is 0 Å². The van der Waals surface area contributed by atoms with Gasteiger partial charge in [0.15, 0.2) is 0 Å². The van der Waals surface area contributed by atoms with Crippen molar-refractivity contribution in [1.29, 1.82) is 0 Å². The van der Waals surface area contributed by atoms with Crippen LogP contribution < -0.4 is 5.32 Å². The summed E-state index contributed by atoms with van der Waals surface area (Å²) in [4.78, 5) is 3.98. The third-order valence-electron chi connectivity index (χ3n) is 3.59. The van der Waals surface area contributed by atoms with Crippen molar-refractivity contribution in [3.05, 3.63) is 60.0 Å². The molecule has 0 aliphatic heterocycles. The molecular weight excluding hydrogens is 356 g/mol. The second-order valence-electron chi connectivity index (χ2n) is 5.60. The molecule has 0 aliphatic rings. The predicted molar refractivity (Wildman–Crippen MR) is 87.9 cm³/mol. The number of pyridine rings is 1. The van der Waals surface area contributed by atoms with E-state index < -0.39 is 34.9 Å². The molecule has 8 heteroatoms. The number of alkyl halides is 3. The lowest BCUT2D eigenvalue weighted by molar-refractivity contribution is -0.159. The number of halogens is 4. The average molecular weight is 374 g/mol. The van der Waals surface area contributed by atoms with Crippen molar-refractivity contribution >= 4 is 10.8 Å². The van der Waals surface area contributed by atoms with E-state index >= 15 is 0 Å². The summed E-state index contributed by atoms with van der Waals surface area (Å²) in [5.41, 5.74) is -0.0633. The van der Waals surface area contributed by atoms with Crippen LogP contribution in [0.2, 0.25) is 0 Å². The molecule has 3 atom stereocenters. The lowest BCUT2D eigenvalue weighted by Gasteiger charge is -2.26. The predicted octanol–water partition coefficient (Wildman–Crippen LogP) is 4.00. The minimum atomic E-state index is -4.52. The third kappa shape index (κ3) is 5.89. The molecule has 0 saturated heterocycles. The highest BCUT2D eigenvalue weighted by atomic mass is 32.2. The highest BCUT2D eigenvalue weighted by Crippen LogP contribution is 2.33. The molecule has 0 bridgehead atoms. The van der Waals surface area contributed by atoms with Gasteiger partial charge in [-0.05, 0) is 43.2 Å². The van der Waals surface area contributed by atoms with Crippen LogP contribution in [0.5, 0.6) is 0 Å². The Kier molecular flexibility index (Phi) is 6.66. The van der Waals surface area contributed by atoms with Gasteiger partial charge in [-0.25, -0.2) is 9.37 Å². The average Bonchev–Trinajstić information content (AvgIpc) is 2.58. The van der Waals surface area contributed by atoms with E-state index in [1.165, 1.54) is 6.20 Å². The van der Waals surface area contributed by atoms with Crippen molar-refractivity contribution in [3.63, 3.8) is 0 Å². The topological polar surface area (TPSA) is 42.0 Å². The van der Waals surface area contributed by atoms with E-state index in [-0.39, 0.29) is 17.7 Å². The second-order valence-corrected chi connectivity index (χ2v) is 7.12. The lowest BCUT2D eigenvalue weighted by Crippen LogP contribution is -2.40. The Labute approximate surface area is 145 Å². The first-order chi connectivity index (χ1) is 11.8. The second kappa shape index (κ2) is 8.53. The lowest BCUT2D eigenvalue weighted by atomic mass is 10.0. The first-order valence-electron chi connectivity index (χ1n) is 7.65. The zero-order chi connectivity index (χ0) is 18.4. The monoisotopic (exact) mass is 374 g/mol. The molecule has 3 nitrogen and oxygen atoms in total. The number of aromatic nitrogens is 1. The van der Waals surface area contributed by atoms with Gasteiger partial charge in [-0.15, -0.1) is 0 Å². The molecule has 1 aromatic carbocycles. The fourth-order valence-corrected chi connectivity index (χ4v) is 3.46. The summed E-state index contributed by atoms with van der Waals surface area (Å²) >= 11 is 0. The zero-order valence-electron chi connectivity index (χ0n) is 13.5. The maximum absolute atomic E-state index is 13.3. The molecule has 0 fully saturated rings. The maximum Gasteiger partial charge on any atom is 0.407 e. The zero-order valence-corrected chi connectivity index (χ0v) is 14.3. The Morgan fingerprint density at radius 1 is 1.16 bits per heavy atom. The summed E-state index contributed by atoms with van der Waals surface area (Å²) in [6.07, 6.45) is -2.73. The van der Waals surface area contributed by atoms with Crippen LogP contribution in [0.25, 0.3) is 0 Å². The Morgan fingerprint density at radius 3 is 2.40 bits per heavy atom. The number of benzene rings is 1. The standard InChI is InChI=1S/C17H18F4N2OS/c1-12(9-11-25(24)15-4-2-3-10-22-15)23-16(17(19,20)21)13-5-7-14(18)8-6-13/h2-8,10,12,16,23H,9,11H2,1H3. The van der Waals surface area contributed by atoms with Crippen molar-refractivity contribution in [2.75, 3.05) is 5.75 Å². The summed E-state index contributed by atoms with van der Waals surface area (Å²) in [5.74, 6) is -0.400. The number of nitrogens with one attached hydrogen (secondary N) is 1. The van der Waals surface area contributed by atoms with E-state index in [9.17, 15) is 21.8 Å². The normalized spacial score (nSPS) is 15.6. The van der Waals surface area contributed by atoms with Crippen LogP contribution in [0, 0.1) is 5.82 Å². The number of rotatable bonds is 7. The van der Waals surface area contributed by atoms with Crippen molar-refractivity contribution in [3.8, 4) is 0 Å². The Hall–Kier alpha value is -1.80. The molecule has 2 rings (SSSR count). The van der Waals surface area contributed by atoms with Gasteiger partial charge in [-0.1, -0.05) is 18.2 Å². The molecule has 1 heterocycles. The molecular formula is C17H18F4N2OS. The molecule has 3 unspecified atom stereocenters. The molecule has 0 aliphatic carbocycles. The molecule has 1 aromatic heterocycles. The molecule has 0 spiro atoms. The molecule has 2 aromatic rings. The molecule has 0 radical (unpaired) electrons. The third-order valence-corrected chi connectivity index (χ3v) is 4.90. The minimum absolute atomic E-state index is 0.0633. The first-order valence-corrected chi connectivity index (χ1v) is 8.97. The maximum atomic E-state index is 13.3. The Morgan fingerprint density at radius 2 is 1.84 bits per heavy atom. The number of nitrogens with zero attached hydrogens (tertiary/aromatic N) is 1. The first kappa shape index (κ1) is 19.5. The fourth-order valence-electron chi connectivity index (χ4n) is 2.27. The SMILES string of the molecule is CC(CCS(=O)c1ccccn1)NC(c1ccc(F)cc1)C(F)(F)F. The number of hydrogen-bond acceptors (Lipinski definition) is 3. The molecule has 1 N–H and O–H groups in total. The molecule has 0 amide bonds. The van der Waals surface area contributed by atoms with Gasteiger partial charge in [0.1, 0.15) is 16.9 Å². The molecule has 25 heavy (non-hydrogen) atoms. The van der Waals surface area contributed by atoms with Gasteiger partial charge in [0.05, 0.1) is 10.8 Å². The molecule has 0 saturated carbocycles. The van der Waals surface area contributed by atoms with Crippen LogP contribution >= 0.6 is 0 Å². The summed E-state index contributed by atoms with van der Waals surface area (Å²) in [6.45, 7) is 1.60. The van der Waals surface area contributed by atoms with Crippen LogP contribution in [0.3, 0.4) is 0 Å². The largest absolute Gasteiger partial charge is 0.407 e. The van der Waals surface area contributed by atoms with Gasteiger partial charge < -0.3 is 0 Å². The van der Waals surface area contributed by atoms with Crippen molar-refractivity contribution < 1.29 is 21.8 Å². The smallest absolute Gasteiger partial charge is 0.300 e. The van der Waals surface area contributed by atoms with Crippen LogP contribution in [-0.4, -0.2) is 27.2 Å². The molecule has 136 valence electrons. The summed E-state index contributed by atoms with van der Waals surface area (Å²) < 4.78 is 64.9. The van der Waals surface area contributed by atoms with Gasteiger partial charge in [0, 0.05) is 18.0 Å². The van der Waals surface area contributed by atoms with Crippen LogP contribution in [-0.2, 0) is 10.8 Å². The van der Waals surface area contributed by atoms with Crippen molar-refractivity contribution in [2.24, 2.45) is 0 Å².